The first-order chi connectivity index (χ1) is 12.6. The number of ether oxygens (including phenoxy) is 2. The monoisotopic (exact) mass is 358 g/mol. The second-order valence-corrected chi connectivity index (χ2v) is 7.56. The molecule has 1 aliphatic carbocycles. The summed E-state index contributed by atoms with van der Waals surface area (Å²) in [6.45, 7) is 2.20. The number of rotatable bonds is 4. The molecule has 3 aliphatic rings. The number of carbonyl (C=O) groups excluding carboxylic acids is 2. The number of nitrogens with zero attached hydrogens (tertiary/aromatic N) is 2. The van der Waals surface area contributed by atoms with Crippen molar-refractivity contribution < 1.29 is 19.1 Å². The molecule has 2 fully saturated rings. The molecule has 0 bridgehead atoms. The number of fused-ring (bicyclic) bond motifs is 1. The Morgan fingerprint density at radius 3 is 2.69 bits per heavy atom. The van der Waals surface area contributed by atoms with Gasteiger partial charge in [-0.2, -0.15) is 0 Å². The molecule has 0 N–H and O–H groups in total. The molecule has 26 heavy (non-hydrogen) atoms. The van der Waals surface area contributed by atoms with Gasteiger partial charge in [0.15, 0.2) is 11.5 Å². The van der Waals surface area contributed by atoms with Crippen molar-refractivity contribution in [3.05, 3.63) is 23.8 Å². The van der Waals surface area contributed by atoms with E-state index in [1.54, 1.807) is 4.90 Å². The van der Waals surface area contributed by atoms with Crippen molar-refractivity contribution in [2.75, 3.05) is 26.8 Å². The van der Waals surface area contributed by atoms with Gasteiger partial charge in [-0.05, 0) is 30.5 Å². The maximum atomic E-state index is 12.8. The lowest BCUT2D eigenvalue weighted by atomic mass is 10.1. The molecular formula is C20H26N2O4. The van der Waals surface area contributed by atoms with Crippen molar-refractivity contribution in [1.29, 1.82) is 0 Å². The molecule has 0 aromatic heterocycles. The van der Waals surface area contributed by atoms with Crippen molar-refractivity contribution in [2.45, 2.75) is 44.7 Å². The van der Waals surface area contributed by atoms with Crippen LogP contribution < -0.4 is 9.47 Å². The summed E-state index contributed by atoms with van der Waals surface area (Å²) in [5, 5.41) is 0. The number of hydrogen-bond acceptors (Lipinski definition) is 4. The molecule has 1 unspecified atom stereocenters. The molecule has 1 atom stereocenters. The average molecular weight is 358 g/mol. The van der Waals surface area contributed by atoms with Crippen LogP contribution in [-0.2, 0) is 16.1 Å². The smallest absolute Gasteiger partial charge is 0.228 e. The molecule has 1 aromatic rings. The van der Waals surface area contributed by atoms with Crippen LogP contribution in [0.3, 0.4) is 0 Å². The highest BCUT2D eigenvalue weighted by atomic mass is 16.6. The summed E-state index contributed by atoms with van der Waals surface area (Å²) in [7, 11) is 1.81. The molecule has 0 radical (unpaired) electrons. The van der Waals surface area contributed by atoms with Crippen LogP contribution in [0.5, 0.6) is 11.5 Å². The number of benzene rings is 1. The summed E-state index contributed by atoms with van der Waals surface area (Å²) in [5.74, 6) is 1.46. The highest BCUT2D eigenvalue weighted by Crippen LogP contribution is 2.32. The maximum absolute atomic E-state index is 12.8. The van der Waals surface area contributed by atoms with E-state index in [9.17, 15) is 9.59 Å². The van der Waals surface area contributed by atoms with Crippen LogP contribution in [0.25, 0.3) is 0 Å². The van der Waals surface area contributed by atoms with Crippen LogP contribution in [0.15, 0.2) is 18.2 Å². The molecular weight excluding hydrogens is 332 g/mol. The Hall–Kier alpha value is -2.24. The zero-order valence-electron chi connectivity index (χ0n) is 15.3. The Balaban J connectivity index is 1.38. The minimum atomic E-state index is -0.217. The van der Waals surface area contributed by atoms with Crippen molar-refractivity contribution in [1.82, 2.24) is 9.80 Å². The lowest BCUT2D eigenvalue weighted by molar-refractivity contribution is -0.135. The first-order valence-electron chi connectivity index (χ1n) is 9.55. The van der Waals surface area contributed by atoms with Crippen LogP contribution in [-0.4, -0.2) is 54.5 Å². The van der Waals surface area contributed by atoms with Gasteiger partial charge in [0.05, 0.1) is 5.92 Å². The fourth-order valence-corrected chi connectivity index (χ4v) is 4.32. The van der Waals surface area contributed by atoms with E-state index in [0.717, 1.165) is 29.9 Å². The summed E-state index contributed by atoms with van der Waals surface area (Å²) in [6, 6.07) is 6.14. The first-order valence-corrected chi connectivity index (χ1v) is 9.55. The Morgan fingerprint density at radius 2 is 1.92 bits per heavy atom. The summed E-state index contributed by atoms with van der Waals surface area (Å²) in [4.78, 5) is 28.9. The SMILES string of the molecule is CN(Cc1ccc2c(c1)OCCO2)C(=O)C1CC(=O)N(C2CCCC2)C1. The van der Waals surface area contributed by atoms with Gasteiger partial charge in [0.25, 0.3) is 0 Å². The number of hydrogen-bond donors (Lipinski definition) is 0. The van der Waals surface area contributed by atoms with Crippen molar-refractivity contribution in [3.63, 3.8) is 0 Å². The zero-order chi connectivity index (χ0) is 18.1. The van der Waals surface area contributed by atoms with Gasteiger partial charge in [0.1, 0.15) is 13.2 Å². The van der Waals surface area contributed by atoms with E-state index in [1.165, 1.54) is 12.8 Å². The Labute approximate surface area is 154 Å². The Bertz CT molecular complexity index is 699. The summed E-state index contributed by atoms with van der Waals surface area (Å²) in [6.07, 6.45) is 4.90. The van der Waals surface area contributed by atoms with Crippen LogP contribution in [0.2, 0.25) is 0 Å². The van der Waals surface area contributed by atoms with Crippen LogP contribution >= 0.6 is 0 Å². The lowest BCUT2D eigenvalue weighted by Crippen LogP contribution is -2.37. The normalized spacial score (nSPS) is 22.7. The van der Waals surface area contributed by atoms with Gasteiger partial charge >= 0.3 is 0 Å². The van der Waals surface area contributed by atoms with Gasteiger partial charge in [-0.3, -0.25) is 9.59 Å². The molecule has 140 valence electrons. The van der Waals surface area contributed by atoms with E-state index in [-0.39, 0.29) is 17.7 Å². The third-order valence-corrected chi connectivity index (χ3v) is 5.68. The standard InChI is InChI=1S/C20H26N2O4/c1-21(12-14-6-7-17-18(10-14)26-9-8-25-17)20(24)15-11-19(23)22(13-15)16-4-2-3-5-16/h6-7,10,15-16H,2-5,8-9,11-13H2,1H3. The van der Waals surface area contributed by atoms with Crippen LogP contribution in [0, 0.1) is 5.92 Å². The van der Waals surface area contributed by atoms with Crippen molar-refractivity contribution in [2.24, 2.45) is 5.92 Å². The maximum Gasteiger partial charge on any atom is 0.228 e. The summed E-state index contributed by atoms with van der Waals surface area (Å²) >= 11 is 0. The molecule has 1 saturated carbocycles. The number of likely N-dealkylation sites (tertiary alicyclic amines) is 1. The topological polar surface area (TPSA) is 59.1 Å². The second kappa shape index (κ2) is 7.17. The van der Waals surface area contributed by atoms with Gasteiger partial charge in [0, 0.05) is 32.6 Å². The highest BCUT2D eigenvalue weighted by molar-refractivity contribution is 5.89. The molecule has 2 aliphatic heterocycles. The molecule has 6 nitrogen and oxygen atoms in total. The van der Waals surface area contributed by atoms with Crippen LogP contribution in [0.4, 0.5) is 0 Å². The molecule has 1 aromatic carbocycles. The van der Waals surface area contributed by atoms with E-state index >= 15 is 0 Å². The molecule has 4 rings (SSSR count). The Morgan fingerprint density at radius 1 is 1.19 bits per heavy atom. The van der Waals surface area contributed by atoms with E-state index in [4.69, 9.17) is 9.47 Å². The fourth-order valence-electron chi connectivity index (χ4n) is 4.32. The zero-order valence-corrected chi connectivity index (χ0v) is 15.3. The van der Waals surface area contributed by atoms with Gasteiger partial charge < -0.3 is 19.3 Å². The van der Waals surface area contributed by atoms with Crippen molar-refractivity contribution >= 4 is 11.8 Å². The largest absolute Gasteiger partial charge is 0.486 e. The average Bonchev–Trinajstić information content (AvgIpc) is 3.30. The van der Waals surface area contributed by atoms with E-state index in [1.807, 2.05) is 30.1 Å². The summed E-state index contributed by atoms with van der Waals surface area (Å²) < 4.78 is 11.1. The minimum Gasteiger partial charge on any atom is -0.486 e. The van der Waals surface area contributed by atoms with Gasteiger partial charge in [-0.25, -0.2) is 0 Å². The van der Waals surface area contributed by atoms with Crippen molar-refractivity contribution in [3.8, 4) is 11.5 Å². The quantitative estimate of drug-likeness (QED) is 0.828. The van der Waals surface area contributed by atoms with E-state index < -0.39 is 0 Å². The second-order valence-electron chi connectivity index (χ2n) is 7.56. The fraction of sp³-hybridized carbons (Fsp3) is 0.600. The predicted molar refractivity (Wildman–Crippen MR) is 96.0 cm³/mol. The predicted octanol–water partition coefficient (Wildman–Crippen LogP) is 2.21. The van der Waals surface area contributed by atoms with Crippen LogP contribution in [0.1, 0.15) is 37.7 Å². The molecule has 2 heterocycles. The highest BCUT2D eigenvalue weighted by Gasteiger charge is 2.39. The summed E-state index contributed by atoms with van der Waals surface area (Å²) in [5.41, 5.74) is 1.00. The van der Waals surface area contributed by atoms with Gasteiger partial charge in [-0.15, -0.1) is 0 Å². The van der Waals surface area contributed by atoms with E-state index in [2.05, 4.69) is 0 Å². The molecule has 6 heteroatoms. The third-order valence-electron chi connectivity index (χ3n) is 5.68. The lowest BCUT2D eigenvalue weighted by Gasteiger charge is -2.25. The number of carbonyl (C=O) groups is 2. The molecule has 1 saturated heterocycles. The first kappa shape index (κ1) is 17.2. The minimum absolute atomic E-state index is 0.0498. The van der Waals surface area contributed by atoms with Gasteiger partial charge in [0.2, 0.25) is 11.8 Å². The number of amides is 2. The molecule has 0 spiro atoms. The van der Waals surface area contributed by atoms with Gasteiger partial charge in [-0.1, -0.05) is 18.9 Å². The third kappa shape index (κ3) is 3.37. The molecule has 2 amide bonds. The Kier molecular flexibility index (Phi) is 4.74. The van der Waals surface area contributed by atoms with E-state index in [0.29, 0.717) is 38.8 Å².